The first-order valence-corrected chi connectivity index (χ1v) is 11.8. The molecule has 0 unspecified atom stereocenters. The molecule has 0 atom stereocenters. The molecule has 0 aliphatic heterocycles. The van der Waals surface area contributed by atoms with E-state index in [1.54, 1.807) is 4.57 Å². The molecule has 3 aromatic rings. The maximum absolute atomic E-state index is 12.9. The summed E-state index contributed by atoms with van der Waals surface area (Å²) in [6.45, 7) is 4.42. The summed E-state index contributed by atoms with van der Waals surface area (Å²) in [5.74, 6) is -0.423. The van der Waals surface area contributed by atoms with Gasteiger partial charge < -0.3 is 19.7 Å². The second-order valence-corrected chi connectivity index (χ2v) is 9.01. The Labute approximate surface area is 211 Å². The number of nitrogens with one attached hydrogen (secondary N) is 1. The fraction of sp³-hybridized carbons (Fsp3) is 0.269. The Morgan fingerprint density at radius 3 is 2.69 bits per heavy atom. The molecule has 0 radical (unpaired) electrons. The van der Waals surface area contributed by atoms with E-state index in [-0.39, 0.29) is 34.5 Å². The highest BCUT2D eigenvalue weighted by atomic mass is 32.1. The van der Waals surface area contributed by atoms with Gasteiger partial charge in [0.15, 0.2) is 5.69 Å². The van der Waals surface area contributed by atoms with Crippen molar-refractivity contribution >= 4 is 33.9 Å². The molecule has 188 valence electrons. The lowest BCUT2D eigenvalue weighted by Crippen LogP contribution is -2.18. The normalized spacial score (nSPS) is 14.0. The van der Waals surface area contributed by atoms with Crippen LogP contribution < -0.4 is 10.1 Å². The molecule has 36 heavy (non-hydrogen) atoms. The summed E-state index contributed by atoms with van der Waals surface area (Å²) in [5.41, 5.74) is 3.42. The number of allylic oxidation sites excluding steroid dienone is 4. The Hall–Kier alpha value is -3.66. The number of hydrogen-bond acceptors (Lipinski definition) is 4. The van der Waals surface area contributed by atoms with Crippen LogP contribution in [-0.2, 0) is 6.54 Å². The number of aromatic hydroxyl groups is 1. The first kappa shape index (κ1) is 25.4. The van der Waals surface area contributed by atoms with Gasteiger partial charge in [-0.1, -0.05) is 50.3 Å². The summed E-state index contributed by atoms with van der Waals surface area (Å²) in [4.78, 5) is 0. The average molecular weight is 515 g/mol. The van der Waals surface area contributed by atoms with Gasteiger partial charge in [-0.25, -0.2) is 0 Å². The van der Waals surface area contributed by atoms with E-state index >= 15 is 0 Å². The summed E-state index contributed by atoms with van der Waals surface area (Å²) in [7, 11) is 0. The van der Waals surface area contributed by atoms with Crippen molar-refractivity contribution in [2.45, 2.75) is 45.5 Å². The number of thiocarbonyl (C=S) groups is 1. The van der Waals surface area contributed by atoms with E-state index in [4.69, 9.17) is 12.2 Å². The highest BCUT2D eigenvalue weighted by Gasteiger charge is 2.31. The lowest BCUT2D eigenvalue weighted by atomic mass is 9.97. The third-order valence-corrected chi connectivity index (χ3v) is 5.93. The Morgan fingerprint density at radius 1 is 1.22 bits per heavy atom. The molecule has 0 spiro atoms. The topological polar surface area (TPSA) is 71.1 Å². The molecular weight excluding hydrogens is 489 g/mol. The van der Waals surface area contributed by atoms with Gasteiger partial charge in [0.1, 0.15) is 5.75 Å². The van der Waals surface area contributed by atoms with Gasteiger partial charge >= 0.3 is 6.36 Å². The molecule has 10 heteroatoms. The molecule has 0 bridgehead atoms. The number of aromatic nitrogens is 1. The fourth-order valence-corrected chi connectivity index (χ4v) is 4.31. The number of halogens is 3. The number of nitrogens with zero attached hydrogens (tertiary/aromatic N) is 3. The Kier molecular flexibility index (Phi) is 7.44. The molecule has 1 aliphatic rings. The zero-order valence-corrected chi connectivity index (χ0v) is 20.5. The summed E-state index contributed by atoms with van der Waals surface area (Å²) in [5, 5.41) is 22.6. The number of azo groups is 1. The van der Waals surface area contributed by atoms with Crippen LogP contribution in [0.2, 0.25) is 0 Å². The van der Waals surface area contributed by atoms with Crippen molar-refractivity contribution in [3.63, 3.8) is 0 Å². The van der Waals surface area contributed by atoms with E-state index in [0.717, 1.165) is 29.7 Å². The minimum Gasteiger partial charge on any atom is -0.493 e. The number of fused-ring (bicyclic) bond motifs is 1. The van der Waals surface area contributed by atoms with Crippen LogP contribution in [0.4, 0.5) is 18.9 Å². The van der Waals surface area contributed by atoms with E-state index in [9.17, 15) is 18.3 Å². The Bertz CT molecular complexity index is 1370. The molecule has 1 heterocycles. The smallest absolute Gasteiger partial charge is 0.493 e. The standard InChI is InChI=1S/C26H25F3N4O2S/c1-16(2)20-11-7-6-8-17(20)15-33-22-13-12-19(35-26(27,28)29)14-21(22)23(24(33)34)31-32-25(36)30-18-9-4-3-5-10-18/h3-4,6-9,11-14,16,34H,5,10,15H2,1-2H3,(H,30,36). The zero-order valence-electron chi connectivity index (χ0n) is 19.7. The van der Waals surface area contributed by atoms with E-state index in [1.165, 1.54) is 18.2 Å². The molecule has 1 aromatic heterocycles. The number of ether oxygens (including phenoxy) is 1. The van der Waals surface area contributed by atoms with Gasteiger partial charge in [-0.15, -0.1) is 23.4 Å². The molecule has 1 aliphatic carbocycles. The van der Waals surface area contributed by atoms with Crippen LogP contribution in [0.3, 0.4) is 0 Å². The van der Waals surface area contributed by atoms with E-state index in [1.807, 2.05) is 42.5 Å². The Balaban J connectivity index is 1.75. The molecule has 0 amide bonds. The molecule has 0 saturated heterocycles. The number of benzene rings is 2. The van der Waals surface area contributed by atoms with Crippen LogP contribution in [0, 0.1) is 0 Å². The molecule has 6 nitrogen and oxygen atoms in total. The van der Waals surface area contributed by atoms with Crippen LogP contribution in [0.15, 0.2) is 76.6 Å². The third kappa shape index (κ3) is 5.93. The van der Waals surface area contributed by atoms with Gasteiger partial charge in [-0.2, -0.15) is 0 Å². The second kappa shape index (κ2) is 10.5. The van der Waals surface area contributed by atoms with Gasteiger partial charge in [-0.3, -0.25) is 0 Å². The quantitative estimate of drug-likeness (QED) is 0.262. The SMILES string of the molecule is CC(C)c1ccccc1Cn1c(O)c(N=NC(=S)NC2=CC=CCC2)c2cc(OC(F)(F)F)ccc21. The Morgan fingerprint density at radius 2 is 2.00 bits per heavy atom. The van der Waals surface area contributed by atoms with Crippen LogP contribution in [0.25, 0.3) is 10.9 Å². The maximum Gasteiger partial charge on any atom is 0.573 e. The first-order valence-electron chi connectivity index (χ1n) is 11.4. The fourth-order valence-electron chi connectivity index (χ4n) is 4.13. The van der Waals surface area contributed by atoms with Gasteiger partial charge in [0.05, 0.1) is 12.1 Å². The van der Waals surface area contributed by atoms with Crippen LogP contribution in [-0.4, -0.2) is 21.1 Å². The maximum atomic E-state index is 12.9. The predicted molar refractivity (Wildman–Crippen MR) is 137 cm³/mol. The first-order chi connectivity index (χ1) is 17.1. The molecule has 2 aromatic carbocycles. The zero-order chi connectivity index (χ0) is 25.9. The second-order valence-electron chi connectivity index (χ2n) is 8.63. The van der Waals surface area contributed by atoms with Gasteiger partial charge in [0.2, 0.25) is 11.0 Å². The van der Waals surface area contributed by atoms with Gasteiger partial charge in [-0.05, 0) is 66.4 Å². The highest BCUT2D eigenvalue weighted by molar-refractivity contribution is 7.80. The van der Waals surface area contributed by atoms with Crippen molar-refractivity contribution in [2.24, 2.45) is 10.2 Å². The van der Waals surface area contributed by atoms with Crippen LogP contribution >= 0.6 is 12.2 Å². The van der Waals surface area contributed by atoms with E-state index < -0.39 is 12.1 Å². The van der Waals surface area contributed by atoms with Crippen molar-refractivity contribution < 1.29 is 23.0 Å². The van der Waals surface area contributed by atoms with Crippen LogP contribution in [0.1, 0.15) is 43.7 Å². The summed E-state index contributed by atoms with van der Waals surface area (Å²) >= 11 is 5.26. The van der Waals surface area contributed by atoms with Crippen molar-refractivity contribution in [1.29, 1.82) is 0 Å². The molecule has 0 saturated carbocycles. The van der Waals surface area contributed by atoms with Crippen LogP contribution in [0.5, 0.6) is 11.6 Å². The van der Waals surface area contributed by atoms with Gasteiger partial charge in [0.25, 0.3) is 0 Å². The summed E-state index contributed by atoms with van der Waals surface area (Å²) < 4.78 is 44.3. The van der Waals surface area contributed by atoms with Crippen molar-refractivity contribution in [1.82, 2.24) is 9.88 Å². The number of rotatable bonds is 6. The van der Waals surface area contributed by atoms with E-state index in [2.05, 4.69) is 34.1 Å². The number of hydrogen-bond donors (Lipinski definition) is 2. The number of alkyl halides is 3. The van der Waals surface area contributed by atoms with Crippen molar-refractivity contribution in [3.8, 4) is 11.6 Å². The lowest BCUT2D eigenvalue weighted by Gasteiger charge is -2.15. The molecular formula is C26H25F3N4O2S. The minimum atomic E-state index is -4.86. The van der Waals surface area contributed by atoms with Crippen molar-refractivity contribution in [2.75, 3.05) is 0 Å². The predicted octanol–water partition coefficient (Wildman–Crippen LogP) is 7.61. The molecule has 2 N–H and O–H groups in total. The largest absolute Gasteiger partial charge is 0.573 e. The summed E-state index contributed by atoms with van der Waals surface area (Å²) in [6.07, 6.45) is 2.59. The molecule has 0 fully saturated rings. The van der Waals surface area contributed by atoms with Crippen molar-refractivity contribution in [3.05, 3.63) is 77.5 Å². The lowest BCUT2D eigenvalue weighted by molar-refractivity contribution is -0.274. The van der Waals surface area contributed by atoms with E-state index in [0.29, 0.717) is 5.52 Å². The monoisotopic (exact) mass is 514 g/mol. The third-order valence-electron chi connectivity index (χ3n) is 5.74. The van der Waals surface area contributed by atoms with Gasteiger partial charge in [0, 0.05) is 11.1 Å². The minimum absolute atomic E-state index is 0.00122. The highest BCUT2D eigenvalue weighted by Crippen LogP contribution is 2.42. The average Bonchev–Trinajstić information content (AvgIpc) is 3.07. The molecule has 4 rings (SSSR count). The summed E-state index contributed by atoms with van der Waals surface area (Å²) in [6, 6.07) is 11.7.